The van der Waals surface area contributed by atoms with Crippen LogP contribution in [0.15, 0.2) is 46.3 Å². The van der Waals surface area contributed by atoms with Crippen molar-refractivity contribution in [1.29, 1.82) is 0 Å². The Balaban J connectivity index is 2.56. The number of nitrogens with one attached hydrogen (secondary N) is 1. The lowest BCUT2D eigenvalue weighted by Gasteiger charge is -2.08. The molecule has 1 aromatic heterocycles. The molecule has 0 atom stereocenters. The topological polar surface area (TPSA) is 72.9 Å². The number of thioether (sulfide) groups is 1. The van der Waals surface area contributed by atoms with Gasteiger partial charge >= 0.3 is 0 Å². The maximum atomic E-state index is 12.0. The Kier molecular flexibility index (Phi) is 3.46. The molecular weight excluding hydrogens is 236 g/mol. The Labute approximate surface area is 103 Å². The lowest BCUT2D eigenvalue weighted by Crippen LogP contribution is -2.25. The van der Waals surface area contributed by atoms with Gasteiger partial charge in [0.2, 0.25) is 5.82 Å². The molecular formula is C11H12N4OS. The van der Waals surface area contributed by atoms with Gasteiger partial charge in [0, 0.05) is 23.0 Å². The molecule has 0 aliphatic carbocycles. The average molecular weight is 248 g/mol. The zero-order valence-corrected chi connectivity index (χ0v) is 10.1. The highest BCUT2D eigenvalue weighted by atomic mass is 32.2. The van der Waals surface area contributed by atoms with Crippen molar-refractivity contribution in [2.45, 2.75) is 4.90 Å². The van der Waals surface area contributed by atoms with Gasteiger partial charge in [-0.1, -0.05) is 6.07 Å². The van der Waals surface area contributed by atoms with Crippen molar-refractivity contribution in [1.82, 2.24) is 9.55 Å². The highest BCUT2D eigenvalue weighted by Gasteiger charge is 2.05. The van der Waals surface area contributed by atoms with Crippen LogP contribution < -0.4 is 16.8 Å². The summed E-state index contributed by atoms with van der Waals surface area (Å²) in [4.78, 5) is 16.9. The Morgan fingerprint density at radius 1 is 1.47 bits per heavy atom. The van der Waals surface area contributed by atoms with Gasteiger partial charge < -0.3 is 5.43 Å². The molecule has 2 rings (SSSR count). The van der Waals surface area contributed by atoms with E-state index in [1.165, 1.54) is 10.8 Å². The van der Waals surface area contributed by atoms with Crippen molar-refractivity contribution >= 4 is 17.6 Å². The van der Waals surface area contributed by atoms with Gasteiger partial charge in [0.1, 0.15) is 0 Å². The molecule has 0 saturated heterocycles. The monoisotopic (exact) mass is 248 g/mol. The molecule has 0 saturated carbocycles. The molecule has 17 heavy (non-hydrogen) atoms. The van der Waals surface area contributed by atoms with Crippen LogP contribution in [-0.2, 0) is 0 Å². The minimum absolute atomic E-state index is 0.127. The van der Waals surface area contributed by atoms with Crippen LogP contribution in [0, 0.1) is 0 Å². The highest BCUT2D eigenvalue weighted by molar-refractivity contribution is 7.98. The Morgan fingerprint density at radius 3 is 3.00 bits per heavy atom. The van der Waals surface area contributed by atoms with Gasteiger partial charge in [-0.05, 0) is 24.5 Å². The number of anilines is 1. The summed E-state index contributed by atoms with van der Waals surface area (Å²) in [6, 6.07) is 7.69. The number of hydrogen-bond acceptors (Lipinski definition) is 5. The molecule has 0 aliphatic heterocycles. The van der Waals surface area contributed by atoms with Crippen LogP contribution in [0.1, 0.15) is 0 Å². The molecule has 0 amide bonds. The number of hydrazine groups is 1. The molecule has 0 bridgehead atoms. The molecule has 1 heterocycles. The first-order valence-electron chi connectivity index (χ1n) is 4.95. The van der Waals surface area contributed by atoms with E-state index in [2.05, 4.69) is 10.4 Å². The van der Waals surface area contributed by atoms with Crippen molar-refractivity contribution in [2.75, 3.05) is 11.7 Å². The van der Waals surface area contributed by atoms with Gasteiger partial charge in [-0.15, -0.1) is 11.8 Å². The predicted molar refractivity (Wildman–Crippen MR) is 69.4 cm³/mol. The van der Waals surface area contributed by atoms with Crippen LogP contribution in [0.2, 0.25) is 0 Å². The molecule has 0 unspecified atom stereocenters. The van der Waals surface area contributed by atoms with Crippen LogP contribution >= 0.6 is 11.8 Å². The van der Waals surface area contributed by atoms with Gasteiger partial charge in [-0.3, -0.25) is 9.36 Å². The van der Waals surface area contributed by atoms with Crippen LogP contribution in [0.25, 0.3) is 5.69 Å². The molecule has 0 aliphatic rings. The second kappa shape index (κ2) is 5.03. The summed E-state index contributed by atoms with van der Waals surface area (Å²) in [6.45, 7) is 0. The number of hydrogen-bond donors (Lipinski definition) is 2. The molecule has 88 valence electrons. The van der Waals surface area contributed by atoms with Crippen LogP contribution in [-0.4, -0.2) is 15.8 Å². The van der Waals surface area contributed by atoms with Gasteiger partial charge in [0.25, 0.3) is 5.56 Å². The lowest BCUT2D eigenvalue weighted by molar-refractivity contribution is 0.949. The fourth-order valence-electron chi connectivity index (χ4n) is 1.47. The van der Waals surface area contributed by atoms with E-state index < -0.39 is 0 Å². The summed E-state index contributed by atoms with van der Waals surface area (Å²) in [7, 11) is 0. The third kappa shape index (κ3) is 2.32. The SMILES string of the molecule is CSc1cccc(-n2ccnc(NN)c2=O)c1. The minimum atomic E-state index is -0.270. The predicted octanol–water partition coefficient (Wildman–Crippen LogP) is 1.24. The maximum Gasteiger partial charge on any atom is 0.299 e. The number of nitrogen functional groups attached to an aromatic ring is 1. The van der Waals surface area contributed by atoms with Crippen molar-refractivity contribution in [3.8, 4) is 5.69 Å². The standard InChI is InChI=1S/C11H12N4OS/c1-17-9-4-2-3-8(7-9)15-6-5-13-10(14-12)11(15)16/h2-7H,12H2,1H3,(H,13,14). The van der Waals surface area contributed by atoms with E-state index >= 15 is 0 Å². The number of benzene rings is 1. The zero-order chi connectivity index (χ0) is 12.3. The van der Waals surface area contributed by atoms with Crippen LogP contribution in [0.4, 0.5) is 5.82 Å². The van der Waals surface area contributed by atoms with E-state index in [9.17, 15) is 4.79 Å². The Bertz CT molecular complexity index is 582. The summed E-state index contributed by atoms with van der Waals surface area (Å²) in [6.07, 6.45) is 5.13. The van der Waals surface area contributed by atoms with E-state index in [1.807, 2.05) is 30.5 Å². The van der Waals surface area contributed by atoms with Crippen molar-refractivity contribution in [2.24, 2.45) is 5.84 Å². The molecule has 1 aromatic carbocycles. The normalized spacial score (nSPS) is 10.2. The van der Waals surface area contributed by atoms with E-state index in [0.29, 0.717) is 0 Å². The fraction of sp³-hybridized carbons (Fsp3) is 0.0909. The van der Waals surface area contributed by atoms with E-state index in [4.69, 9.17) is 5.84 Å². The lowest BCUT2D eigenvalue weighted by atomic mass is 10.3. The second-order valence-corrected chi connectivity index (χ2v) is 4.18. The van der Waals surface area contributed by atoms with Gasteiger partial charge in [0.15, 0.2) is 0 Å². The van der Waals surface area contributed by atoms with Crippen molar-refractivity contribution in [3.05, 3.63) is 47.0 Å². The first kappa shape index (κ1) is 11.7. The van der Waals surface area contributed by atoms with E-state index in [1.54, 1.807) is 18.0 Å². The largest absolute Gasteiger partial charge is 0.304 e. The first-order valence-corrected chi connectivity index (χ1v) is 6.17. The van der Waals surface area contributed by atoms with E-state index in [-0.39, 0.29) is 11.4 Å². The quantitative estimate of drug-likeness (QED) is 0.486. The van der Waals surface area contributed by atoms with Crippen molar-refractivity contribution in [3.63, 3.8) is 0 Å². The average Bonchev–Trinajstić information content (AvgIpc) is 2.39. The smallest absolute Gasteiger partial charge is 0.299 e. The molecule has 2 aromatic rings. The summed E-state index contributed by atoms with van der Waals surface area (Å²) in [5, 5.41) is 0. The summed E-state index contributed by atoms with van der Waals surface area (Å²) < 4.78 is 1.50. The second-order valence-electron chi connectivity index (χ2n) is 3.30. The molecule has 0 fully saturated rings. The summed E-state index contributed by atoms with van der Waals surface area (Å²) >= 11 is 1.62. The fourth-order valence-corrected chi connectivity index (χ4v) is 1.93. The maximum absolute atomic E-state index is 12.0. The third-order valence-electron chi connectivity index (χ3n) is 2.31. The molecule has 0 radical (unpaired) electrons. The number of nitrogens with two attached hydrogens (primary N) is 1. The molecule has 3 N–H and O–H groups in total. The zero-order valence-electron chi connectivity index (χ0n) is 9.25. The molecule has 0 spiro atoms. The summed E-state index contributed by atoms with van der Waals surface area (Å²) in [5.74, 6) is 5.35. The van der Waals surface area contributed by atoms with Crippen molar-refractivity contribution < 1.29 is 0 Å². The van der Waals surface area contributed by atoms with Gasteiger partial charge in [-0.25, -0.2) is 10.8 Å². The molecule has 5 nitrogen and oxygen atoms in total. The highest BCUT2D eigenvalue weighted by Crippen LogP contribution is 2.17. The third-order valence-corrected chi connectivity index (χ3v) is 3.03. The van der Waals surface area contributed by atoms with E-state index in [0.717, 1.165) is 10.6 Å². The Hall–Kier alpha value is -1.79. The number of rotatable bonds is 3. The number of nitrogens with zero attached hydrogens (tertiary/aromatic N) is 2. The first-order chi connectivity index (χ1) is 8.26. The van der Waals surface area contributed by atoms with Crippen LogP contribution in [0.3, 0.4) is 0 Å². The Morgan fingerprint density at radius 2 is 2.29 bits per heavy atom. The van der Waals surface area contributed by atoms with Gasteiger partial charge in [0.05, 0.1) is 0 Å². The summed E-state index contributed by atoms with van der Waals surface area (Å²) in [5.41, 5.74) is 2.81. The molecule has 6 heteroatoms. The van der Waals surface area contributed by atoms with Gasteiger partial charge in [-0.2, -0.15) is 0 Å². The van der Waals surface area contributed by atoms with Crippen LogP contribution in [0.5, 0.6) is 0 Å². The minimum Gasteiger partial charge on any atom is -0.304 e. The number of aromatic nitrogens is 2.